The van der Waals surface area contributed by atoms with Crippen LogP contribution in [0.1, 0.15) is 18.5 Å². The number of aromatic amines is 1. The number of nitrogens with one attached hydrogen (secondary N) is 3. The maximum atomic E-state index is 11.6. The molecule has 1 fully saturated rings. The standard InChI is InChI=1S/C12H18N4O3/c17-11(6-13-4-8-1-2-8)16-10(12(18)19)3-9-5-14-7-15-9/h5,7-8,10,13H,1-4,6H2,(H,14,15)(H,16,17)(H,18,19)/t10-/m1/s1. The fraction of sp³-hybridized carbons (Fsp3) is 0.583. The molecule has 1 amide bonds. The molecular formula is C12H18N4O3. The number of carboxylic acid groups (broad SMARTS) is 1. The molecule has 19 heavy (non-hydrogen) atoms. The first-order valence-electron chi connectivity index (χ1n) is 6.35. The topological polar surface area (TPSA) is 107 Å². The zero-order valence-electron chi connectivity index (χ0n) is 10.6. The second kappa shape index (κ2) is 6.33. The van der Waals surface area contributed by atoms with Crippen LogP contribution in [0.3, 0.4) is 0 Å². The lowest BCUT2D eigenvalue weighted by Gasteiger charge is -2.13. The second-order valence-corrected chi connectivity index (χ2v) is 4.81. The largest absolute Gasteiger partial charge is 0.480 e. The van der Waals surface area contributed by atoms with E-state index < -0.39 is 12.0 Å². The van der Waals surface area contributed by atoms with Crippen LogP contribution in [0.5, 0.6) is 0 Å². The molecule has 4 N–H and O–H groups in total. The van der Waals surface area contributed by atoms with Crippen molar-refractivity contribution in [2.24, 2.45) is 5.92 Å². The van der Waals surface area contributed by atoms with Crippen LogP contribution in [0, 0.1) is 5.92 Å². The summed E-state index contributed by atoms with van der Waals surface area (Å²) in [6, 6.07) is -0.935. The highest BCUT2D eigenvalue weighted by Crippen LogP contribution is 2.27. The third-order valence-corrected chi connectivity index (χ3v) is 3.03. The summed E-state index contributed by atoms with van der Waals surface area (Å²) in [4.78, 5) is 29.3. The van der Waals surface area contributed by atoms with E-state index in [1.54, 1.807) is 6.20 Å². The van der Waals surface area contributed by atoms with E-state index in [-0.39, 0.29) is 18.9 Å². The van der Waals surface area contributed by atoms with Gasteiger partial charge in [0.25, 0.3) is 0 Å². The molecule has 1 aromatic rings. The van der Waals surface area contributed by atoms with Gasteiger partial charge in [-0.25, -0.2) is 9.78 Å². The fourth-order valence-electron chi connectivity index (χ4n) is 1.77. The number of hydrogen-bond acceptors (Lipinski definition) is 4. The molecule has 1 aliphatic carbocycles. The Hall–Kier alpha value is -1.89. The number of carbonyl (C=O) groups excluding carboxylic acids is 1. The summed E-state index contributed by atoms with van der Waals surface area (Å²) in [6.07, 6.45) is 5.66. The second-order valence-electron chi connectivity index (χ2n) is 4.81. The molecule has 0 aliphatic heterocycles. The summed E-state index contributed by atoms with van der Waals surface area (Å²) in [5, 5.41) is 14.6. The van der Waals surface area contributed by atoms with E-state index in [2.05, 4.69) is 20.6 Å². The lowest BCUT2D eigenvalue weighted by Crippen LogP contribution is -2.46. The number of nitrogens with zero attached hydrogens (tertiary/aromatic N) is 1. The molecule has 7 nitrogen and oxygen atoms in total. The van der Waals surface area contributed by atoms with E-state index in [0.29, 0.717) is 11.6 Å². The van der Waals surface area contributed by atoms with Gasteiger partial charge in [-0.3, -0.25) is 4.79 Å². The van der Waals surface area contributed by atoms with Gasteiger partial charge in [-0.05, 0) is 25.3 Å². The third kappa shape index (κ3) is 4.70. The van der Waals surface area contributed by atoms with Crippen molar-refractivity contribution in [3.8, 4) is 0 Å². The van der Waals surface area contributed by atoms with Gasteiger partial charge in [0, 0.05) is 18.3 Å². The third-order valence-electron chi connectivity index (χ3n) is 3.03. The summed E-state index contributed by atoms with van der Waals surface area (Å²) in [5.41, 5.74) is 0.679. The number of rotatable bonds is 8. The van der Waals surface area contributed by atoms with E-state index in [1.165, 1.54) is 19.2 Å². The molecule has 0 spiro atoms. The van der Waals surface area contributed by atoms with E-state index in [4.69, 9.17) is 5.11 Å². The molecule has 1 saturated carbocycles. The quantitative estimate of drug-likeness (QED) is 0.508. The highest BCUT2D eigenvalue weighted by Gasteiger charge is 2.23. The normalized spacial score (nSPS) is 16.0. The van der Waals surface area contributed by atoms with Gasteiger partial charge in [0.2, 0.25) is 5.91 Å². The zero-order chi connectivity index (χ0) is 13.7. The predicted octanol–water partition coefficient (Wildman–Crippen LogP) is -0.479. The predicted molar refractivity (Wildman–Crippen MR) is 67.5 cm³/mol. The highest BCUT2D eigenvalue weighted by atomic mass is 16.4. The molecule has 1 aromatic heterocycles. The average molecular weight is 266 g/mol. The van der Waals surface area contributed by atoms with Crippen LogP contribution in [-0.2, 0) is 16.0 Å². The Morgan fingerprint density at radius 2 is 2.32 bits per heavy atom. The summed E-state index contributed by atoms with van der Waals surface area (Å²) in [5.74, 6) is -0.661. The van der Waals surface area contributed by atoms with Crippen LogP contribution >= 0.6 is 0 Å². The molecule has 1 aliphatic rings. The molecule has 2 rings (SSSR count). The molecule has 7 heteroatoms. The molecule has 0 saturated heterocycles. The Morgan fingerprint density at radius 3 is 2.89 bits per heavy atom. The first-order valence-corrected chi connectivity index (χ1v) is 6.35. The van der Waals surface area contributed by atoms with Crippen LogP contribution in [0.2, 0.25) is 0 Å². The number of aromatic nitrogens is 2. The van der Waals surface area contributed by atoms with Gasteiger partial charge in [0.15, 0.2) is 0 Å². The van der Waals surface area contributed by atoms with Gasteiger partial charge < -0.3 is 20.7 Å². The molecule has 104 valence electrons. The molecule has 0 radical (unpaired) electrons. The number of H-pyrrole nitrogens is 1. The van der Waals surface area contributed by atoms with Crippen molar-refractivity contribution in [1.29, 1.82) is 0 Å². The van der Waals surface area contributed by atoms with E-state index in [0.717, 1.165) is 6.54 Å². The fourth-order valence-corrected chi connectivity index (χ4v) is 1.77. The molecule has 1 heterocycles. The van der Waals surface area contributed by atoms with Crippen LogP contribution < -0.4 is 10.6 Å². The molecule has 0 unspecified atom stereocenters. The van der Waals surface area contributed by atoms with Crippen LogP contribution in [0.15, 0.2) is 12.5 Å². The Morgan fingerprint density at radius 1 is 1.53 bits per heavy atom. The highest BCUT2D eigenvalue weighted by molar-refractivity contribution is 5.84. The van der Waals surface area contributed by atoms with E-state index >= 15 is 0 Å². The van der Waals surface area contributed by atoms with Gasteiger partial charge >= 0.3 is 5.97 Å². The number of carboxylic acids is 1. The average Bonchev–Trinajstić information content (AvgIpc) is 3.03. The van der Waals surface area contributed by atoms with Crippen LogP contribution in [0.25, 0.3) is 0 Å². The smallest absolute Gasteiger partial charge is 0.326 e. The van der Waals surface area contributed by atoms with Crippen molar-refractivity contribution in [2.75, 3.05) is 13.1 Å². The summed E-state index contributed by atoms with van der Waals surface area (Å²) in [7, 11) is 0. The van der Waals surface area contributed by atoms with Gasteiger partial charge in [-0.2, -0.15) is 0 Å². The number of amides is 1. The molecular weight excluding hydrogens is 248 g/mol. The Bertz CT molecular complexity index is 428. The number of hydrogen-bond donors (Lipinski definition) is 4. The van der Waals surface area contributed by atoms with Crippen LogP contribution in [-0.4, -0.2) is 46.1 Å². The summed E-state index contributed by atoms with van der Waals surface area (Å²) < 4.78 is 0. The zero-order valence-corrected chi connectivity index (χ0v) is 10.6. The van der Waals surface area contributed by atoms with Gasteiger partial charge in [0.05, 0.1) is 12.9 Å². The Labute approximate surface area is 110 Å². The van der Waals surface area contributed by atoms with Gasteiger partial charge in [-0.1, -0.05) is 0 Å². The maximum absolute atomic E-state index is 11.6. The maximum Gasteiger partial charge on any atom is 0.326 e. The van der Waals surface area contributed by atoms with Crippen molar-refractivity contribution in [3.05, 3.63) is 18.2 Å². The van der Waals surface area contributed by atoms with Gasteiger partial charge in [-0.15, -0.1) is 0 Å². The van der Waals surface area contributed by atoms with E-state index in [9.17, 15) is 9.59 Å². The first-order chi connectivity index (χ1) is 9.15. The van der Waals surface area contributed by atoms with Crippen molar-refractivity contribution in [3.63, 3.8) is 0 Å². The first kappa shape index (κ1) is 13.5. The number of aliphatic carboxylic acids is 1. The van der Waals surface area contributed by atoms with Crippen molar-refractivity contribution >= 4 is 11.9 Å². The number of carbonyl (C=O) groups is 2. The van der Waals surface area contributed by atoms with Crippen molar-refractivity contribution < 1.29 is 14.7 Å². The summed E-state index contributed by atoms with van der Waals surface area (Å²) in [6.45, 7) is 0.981. The molecule has 1 atom stereocenters. The monoisotopic (exact) mass is 266 g/mol. The van der Waals surface area contributed by atoms with Crippen molar-refractivity contribution in [2.45, 2.75) is 25.3 Å². The number of imidazole rings is 1. The minimum absolute atomic E-state index is 0.156. The van der Waals surface area contributed by atoms with Crippen LogP contribution in [0.4, 0.5) is 0 Å². The van der Waals surface area contributed by atoms with Crippen molar-refractivity contribution in [1.82, 2.24) is 20.6 Å². The molecule has 0 aromatic carbocycles. The molecule has 0 bridgehead atoms. The SMILES string of the molecule is O=C(CNCC1CC1)N[C@H](Cc1cnc[nH]1)C(=O)O. The Kier molecular flexibility index (Phi) is 4.51. The lowest BCUT2D eigenvalue weighted by molar-refractivity contribution is -0.141. The van der Waals surface area contributed by atoms with E-state index in [1.807, 2.05) is 0 Å². The minimum Gasteiger partial charge on any atom is -0.480 e. The van der Waals surface area contributed by atoms with Gasteiger partial charge in [0.1, 0.15) is 6.04 Å². The minimum atomic E-state index is -1.05. The Balaban J connectivity index is 1.74. The summed E-state index contributed by atoms with van der Waals surface area (Å²) >= 11 is 0. The lowest BCUT2D eigenvalue weighted by atomic mass is 10.1.